The fourth-order valence-corrected chi connectivity index (χ4v) is 2.84. The maximum atomic E-state index is 11.8. The van der Waals surface area contributed by atoms with E-state index in [0.29, 0.717) is 11.4 Å². The van der Waals surface area contributed by atoms with Crippen LogP contribution < -0.4 is 11.1 Å². The maximum Gasteiger partial charge on any atom is 0.270 e. The number of hydrogen-bond donors (Lipinski definition) is 2. The number of carbonyl (C=O) groups excluding carboxylic acids is 1. The summed E-state index contributed by atoms with van der Waals surface area (Å²) < 4.78 is 11.0. The number of nitrogens with two attached hydrogens (primary N) is 1. The van der Waals surface area contributed by atoms with Crippen molar-refractivity contribution in [2.24, 2.45) is 5.73 Å². The Balaban J connectivity index is 2.60. The van der Waals surface area contributed by atoms with E-state index in [4.69, 9.17) is 5.73 Å². The molecule has 5 nitrogen and oxygen atoms in total. The third kappa shape index (κ3) is 4.53. The van der Waals surface area contributed by atoms with Gasteiger partial charge < -0.3 is 11.1 Å². The first-order chi connectivity index (χ1) is 7.90. The minimum atomic E-state index is -0.923. The van der Waals surface area contributed by atoms with Gasteiger partial charge in [-0.1, -0.05) is 0 Å². The Morgan fingerprint density at radius 3 is 2.76 bits per heavy atom. The molecular formula is C10H17N3O2S2. The van der Waals surface area contributed by atoms with Gasteiger partial charge in [-0.2, -0.15) is 0 Å². The molecule has 1 heterocycles. The normalized spacial score (nSPS) is 16.2. The molecule has 3 unspecified atom stereocenters. The lowest BCUT2D eigenvalue weighted by Gasteiger charge is -2.10. The van der Waals surface area contributed by atoms with Crippen LogP contribution in [0, 0.1) is 0 Å². The molecule has 7 heteroatoms. The molecule has 0 saturated heterocycles. The SMILES string of the molecule is CC(CS(C)=O)NC(=O)c1csc(C(C)N)n1. The van der Waals surface area contributed by atoms with E-state index >= 15 is 0 Å². The Hall–Kier alpha value is -0.790. The molecule has 1 aromatic rings. The van der Waals surface area contributed by atoms with Gasteiger partial charge in [0.2, 0.25) is 0 Å². The van der Waals surface area contributed by atoms with Crippen molar-refractivity contribution in [1.29, 1.82) is 0 Å². The molecule has 1 amide bonds. The molecule has 96 valence electrons. The van der Waals surface area contributed by atoms with E-state index in [-0.39, 0.29) is 18.0 Å². The lowest BCUT2D eigenvalue weighted by atomic mass is 10.3. The van der Waals surface area contributed by atoms with Crippen LogP contribution in [-0.4, -0.2) is 33.2 Å². The van der Waals surface area contributed by atoms with Crippen LogP contribution >= 0.6 is 11.3 Å². The average Bonchev–Trinajstić information content (AvgIpc) is 2.64. The standard InChI is InChI=1S/C10H17N3O2S2/c1-6(5-17(3)15)12-9(14)8-4-16-10(13-8)7(2)11/h4,6-7H,5,11H2,1-3H3,(H,12,14). The number of amides is 1. The summed E-state index contributed by atoms with van der Waals surface area (Å²) in [7, 11) is -0.923. The van der Waals surface area contributed by atoms with Crippen LogP contribution in [0.4, 0.5) is 0 Å². The third-order valence-electron chi connectivity index (χ3n) is 2.01. The second kappa shape index (κ2) is 6.23. The van der Waals surface area contributed by atoms with Gasteiger partial charge in [0.25, 0.3) is 5.91 Å². The molecule has 0 radical (unpaired) electrons. The minimum absolute atomic E-state index is 0.131. The zero-order valence-electron chi connectivity index (χ0n) is 10.1. The fourth-order valence-electron chi connectivity index (χ4n) is 1.29. The summed E-state index contributed by atoms with van der Waals surface area (Å²) in [6, 6.07) is -0.295. The van der Waals surface area contributed by atoms with Crippen LogP contribution in [0.1, 0.15) is 35.4 Å². The van der Waals surface area contributed by atoms with Crippen molar-refractivity contribution in [3.63, 3.8) is 0 Å². The van der Waals surface area contributed by atoms with E-state index in [1.54, 1.807) is 11.6 Å². The van der Waals surface area contributed by atoms with Crippen molar-refractivity contribution in [3.8, 4) is 0 Å². The first-order valence-corrected chi connectivity index (χ1v) is 7.82. The second-order valence-corrected chi connectivity index (χ2v) is 6.34. The van der Waals surface area contributed by atoms with Crippen LogP contribution in [0.5, 0.6) is 0 Å². The smallest absolute Gasteiger partial charge is 0.270 e. The van der Waals surface area contributed by atoms with Crippen LogP contribution in [0.2, 0.25) is 0 Å². The molecule has 0 aliphatic heterocycles. The molecule has 3 N–H and O–H groups in total. The van der Waals surface area contributed by atoms with Crippen molar-refractivity contribution >= 4 is 28.0 Å². The van der Waals surface area contributed by atoms with E-state index in [9.17, 15) is 9.00 Å². The molecule has 1 rings (SSSR count). The third-order valence-corrected chi connectivity index (χ3v) is 4.02. The highest BCUT2D eigenvalue weighted by Gasteiger charge is 2.15. The van der Waals surface area contributed by atoms with Gasteiger partial charge in [0.1, 0.15) is 10.7 Å². The van der Waals surface area contributed by atoms with Gasteiger partial charge in [-0.15, -0.1) is 11.3 Å². The zero-order valence-corrected chi connectivity index (χ0v) is 11.7. The number of nitrogens with one attached hydrogen (secondary N) is 1. The number of nitrogens with zero attached hydrogens (tertiary/aromatic N) is 1. The largest absolute Gasteiger partial charge is 0.347 e. The van der Waals surface area contributed by atoms with E-state index in [2.05, 4.69) is 10.3 Å². The minimum Gasteiger partial charge on any atom is -0.347 e. The van der Waals surface area contributed by atoms with Crippen molar-refractivity contribution < 1.29 is 9.00 Å². The van der Waals surface area contributed by atoms with Gasteiger partial charge in [0, 0.05) is 34.2 Å². The van der Waals surface area contributed by atoms with Crippen molar-refractivity contribution in [1.82, 2.24) is 10.3 Å². The summed E-state index contributed by atoms with van der Waals surface area (Å²) in [5, 5.41) is 5.17. The van der Waals surface area contributed by atoms with Gasteiger partial charge in [-0.25, -0.2) is 4.98 Å². The molecule has 0 fully saturated rings. The van der Waals surface area contributed by atoms with Crippen LogP contribution in [0.25, 0.3) is 0 Å². The molecule has 1 aromatic heterocycles. The number of rotatable bonds is 5. The molecular weight excluding hydrogens is 258 g/mol. The summed E-state index contributed by atoms with van der Waals surface area (Å²) in [5.41, 5.74) is 6.04. The number of aromatic nitrogens is 1. The number of hydrogen-bond acceptors (Lipinski definition) is 5. The topological polar surface area (TPSA) is 85.1 Å². The summed E-state index contributed by atoms with van der Waals surface area (Å²) in [6.07, 6.45) is 1.61. The molecule has 17 heavy (non-hydrogen) atoms. The van der Waals surface area contributed by atoms with Crippen molar-refractivity contribution in [2.45, 2.75) is 25.9 Å². The Morgan fingerprint density at radius 1 is 1.65 bits per heavy atom. The van der Waals surface area contributed by atoms with Gasteiger partial charge in [0.05, 0.1) is 6.04 Å². The maximum absolute atomic E-state index is 11.8. The lowest BCUT2D eigenvalue weighted by molar-refractivity contribution is 0.0939. The monoisotopic (exact) mass is 275 g/mol. The van der Waals surface area contributed by atoms with E-state index in [1.165, 1.54) is 11.3 Å². The number of carbonyl (C=O) groups is 1. The molecule has 3 atom stereocenters. The molecule has 0 aliphatic rings. The summed E-state index contributed by atoms with van der Waals surface area (Å²) in [5.74, 6) is 0.196. The molecule has 0 aliphatic carbocycles. The number of thiazole rings is 1. The first kappa shape index (κ1) is 14.3. The van der Waals surface area contributed by atoms with Crippen LogP contribution in [0.15, 0.2) is 5.38 Å². The quantitative estimate of drug-likeness (QED) is 0.826. The Labute approximate surface area is 107 Å². The summed E-state index contributed by atoms with van der Waals surface area (Å²) >= 11 is 1.37. The fraction of sp³-hybridized carbons (Fsp3) is 0.600. The molecule has 0 saturated carbocycles. The van der Waals surface area contributed by atoms with Gasteiger partial charge in [-0.3, -0.25) is 9.00 Å². The summed E-state index contributed by atoms with van der Waals surface area (Å²) in [6.45, 7) is 3.64. The van der Waals surface area contributed by atoms with E-state index in [1.807, 2.05) is 13.8 Å². The molecule has 0 bridgehead atoms. The van der Waals surface area contributed by atoms with Gasteiger partial charge in [0.15, 0.2) is 0 Å². The predicted octanol–water partition coefficient (Wildman–Crippen LogP) is 0.660. The van der Waals surface area contributed by atoms with E-state index in [0.717, 1.165) is 5.01 Å². The lowest BCUT2D eigenvalue weighted by Crippen LogP contribution is -2.36. The predicted molar refractivity (Wildman–Crippen MR) is 70.6 cm³/mol. The Kier molecular flexibility index (Phi) is 5.23. The van der Waals surface area contributed by atoms with Crippen LogP contribution in [-0.2, 0) is 10.8 Å². The molecule has 0 spiro atoms. The van der Waals surface area contributed by atoms with E-state index < -0.39 is 10.8 Å². The Bertz CT molecular complexity index is 417. The van der Waals surface area contributed by atoms with Crippen molar-refractivity contribution in [3.05, 3.63) is 16.1 Å². The van der Waals surface area contributed by atoms with Gasteiger partial charge in [-0.05, 0) is 13.8 Å². The highest BCUT2D eigenvalue weighted by molar-refractivity contribution is 7.84. The second-order valence-electron chi connectivity index (χ2n) is 3.97. The van der Waals surface area contributed by atoms with Gasteiger partial charge >= 0.3 is 0 Å². The zero-order chi connectivity index (χ0) is 13.0. The highest BCUT2D eigenvalue weighted by atomic mass is 32.2. The summed E-state index contributed by atoms with van der Waals surface area (Å²) in [4.78, 5) is 15.9. The first-order valence-electron chi connectivity index (χ1n) is 5.22. The van der Waals surface area contributed by atoms with Crippen LogP contribution in [0.3, 0.4) is 0 Å². The Morgan fingerprint density at radius 2 is 2.29 bits per heavy atom. The van der Waals surface area contributed by atoms with Crippen molar-refractivity contribution in [2.75, 3.05) is 12.0 Å². The average molecular weight is 275 g/mol. The molecule has 0 aromatic carbocycles. The highest BCUT2D eigenvalue weighted by Crippen LogP contribution is 2.15.